The van der Waals surface area contributed by atoms with E-state index in [1.807, 2.05) is 0 Å². The van der Waals surface area contributed by atoms with Crippen molar-refractivity contribution in [2.24, 2.45) is 48.5 Å². The molecule has 1 amide bonds. The number of carbonyl (C=O) groups is 1. The molecule has 40 heavy (non-hydrogen) atoms. The molecule has 5 rings (SSSR count). The number of halogens is 5. The third-order valence-electron chi connectivity index (χ3n) is 10.2. The van der Waals surface area contributed by atoms with Gasteiger partial charge in [0.15, 0.2) is 0 Å². The van der Waals surface area contributed by atoms with Gasteiger partial charge in [0, 0.05) is 38.1 Å². The molecule has 11 heteroatoms. The Morgan fingerprint density at radius 1 is 1.07 bits per heavy atom. The zero-order valence-electron chi connectivity index (χ0n) is 23.5. The molecule has 10 unspecified atom stereocenters. The SMILES string of the molecule is CC1CCNC(C(NC(=O)C2CC(Cn3ccn(C)c3=N)CC(C3CCC(F)CC3C(F)(F)F)C2F)C2CC2)C1. The molecule has 226 valence electrons. The summed E-state index contributed by atoms with van der Waals surface area (Å²) in [6.07, 6.45) is -0.717. The Morgan fingerprint density at radius 2 is 1.82 bits per heavy atom. The average Bonchev–Trinajstić information content (AvgIpc) is 3.69. The highest BCUT2D eigenvalue weighted by atomic mass is 19.4. The Kier molecular flexibility index (Phi) is 8.70. The van der Waals surface area contributed by atoms with Crippen LogP contribution in [0.15, 0.2) is 12.4 Å². The van der Waals surface area contributed by atoms with Crippen LogP contribution in [0.2, 0.25) is 0 Å². The number of nitrogens with one attached hydrogen (secondary N) is 3. The quantitative estimate of drug-likeness (QED) is 0.407. The number of hydrogen-bond donors (Lipinski definition) is 3. The van der Waals surface area contributed by atoms with Gasteiger partial charge in [-0.1, -0.05) is 6.92 Å². The summed E-state index contributed by atoms with van der Waals surface area (Å²) in [7, 11) is 1.73. The molecule has 4 aliphatic rings. The first-order chi connectivity index (χ1) is 18.9. The maximum atomic E-state index is 16.4. The molecule has 4 fully saturated rings. The standard InChI is InChI=1S/C29H44F5N5O/c1-16-7-8-36-24(11-16)26(18-3-4-18)37-27(40)22-13-17(15-39-10-9-38(2)28(39)35)12-21(25(22)31)20-6-5-19(30)14-23(20)29(32,33)34/h9-10,16-26,35-36H,3-8,11-15H2,1-2H3,(H,37,40). The molecule has 3 aliphatic carbocycles. The molecule has 3 saturated carbocycles. The highest BCUT2D eigenvalue weighted by molar-refractivity contribution is 5.80. The lowest BCUT2D eigenvalue weighted by Gasteiger charge is -2.46. The van der Waals surface area contributed by atoms with Gasteiger partial charge >= 0.3 is 6.18 Å². The summed E-state index contributed by atoms with van der Waals surface area (Å²) in [6, 6.07) is -0.0110. The second-order valence-corrected chi connectivity index (χ2v) is 13.2. The van der Waals surface area contributed by atoms with Gasteiger partial charge in [-0.3, -0.25) is 10.2 Å². The molecule has 2 heterocycles. The number of imidazole rings is 1. The van der Waals surface area contributed by atoms with Crippen LogP contribution in [0.3, 0.4) is 0 Å². The van der Waals surface area contributed by atoms with Crippen molar-refractivity contribution in [1.29, 1.82) is 5.41 Å². The van der Waals surface area contributed by atoms with Crippen molar-refractivity contribution in [1.82, 2.24) is 19.8 Å². The number of amides is 1. The summed E-state index contributed by atoms with van der Waals surface area (Å²) >= 11 is 0. The Balaban J connectivity index is 1.39. The van der Waals surface area contributed by atoms with E-state index in [4.69, 9.17) is 5.41 Å². The molecule has 0 aromatic carbocycles. The van der Waals surface area contributed by atoms with Crippen LogP contribution in [0, 0.1) is 46.8 Å². The first-order valence-electron chi connectivity index (χ1n) is 15.1. The van der Waals surface area contributed by atoms with Gasteiger partial charge in [0.1, 0.15) is 12.3 Å². The molecule has 3 N–H and O–H groups in total. The van der Waals surface area contributed by atoms with E-state index in [1.54, 1.807) is 28.6 Å². The first-order valence-corrected chi connectivity index (χ1v) is 15.1. The van der Waals surface area contributed by atoms with E-state index >= 15 is 4.39 Å². The number of nitrogens with zero attached hydrogens (tertiary/aromatic N) is 2. The van der Waals surface area contributed by atoms with Crippen molar-refractivity contribution >= 4 is 5.91 Å². The minimum atomic E-state index is -4.62. The minimum absolute atomic E-state index is 0.0123. The van der Waals surface area contributed by atoms with Crippen LogP contribution in [-0.2, 0) is 18.4 Å². The van der Waals surface area contributed by atoms with E-state index in [-0.39, 0.29) is 49.3 Å². The van der Waals surface area contributed by atoms with Crippen LogP contribution in [0.1, 0.15) is 64.7 Å². The molecule has 0 bridgehead atoms. The van der Waals surface area contributed by atoms with Crippen LogP contribution in [0.4, 0.5) is 22.0 Å². The summed E-state index contributed by atoms with van der Waals surface area (Å²) in [4.78, 5) is 13.8. The number of aryl methyl sites for hydroxylation is 1. The van der Waals surface area contributed by atoms with Crippen LogP contribution < -0.4 is 16.3 Å². The topological polar surface area (TPSA) is 74.8 Å². The van der Waals surface area contributed by atoms with E-state index in [0.29, 0.717) is 18.4 Å². The Hall–Kier alpha value is -1.91. The number of piperidine rings is 1. The summed E-state index contributed by atoms with van der Waals surface area (Å²) < 4.78 is 76.2. The van der Waals surface area contributed by atoms with Gasteiger partial charge in [0.05, 0.1) is 11.8 Å². The fourth-order valence-corrected chi connectivity index (χ4v) is 7.89. The fraction of sp³-hybridized carbons (Fsp3) is 0.862. The lowest BCUT2D eigenvalue weighted by molar-refractivity contribution is -0.213. The van der Waals surface area contributed by atoms with Crippen molar-refractivity contribution in [3.8, 4) is 0 Å². The van der Waals surface area contributed by atoms with E-state index < -0.39 is 54.5 Å². The van der Waals surface area contributed by atoms with Crippen molar-refractivity contribution in [3.05, 3.63) is 18.0 Å². The van der Waals surface area contributed by atoms with Crippen LogP contribution in [0.5, 0.6) is 0 Å². The lowest BCUT2D eigenvalue weighted by Crippen LogP contribution is -2.57. The number of carbonyl (C=O) groups excluding carboxylic acids is 1. The maximum Gasteiger partial charge on any atom is 0.392 e. The molecule has 1 aliphatic heterocycles. The molecular weight excluding hydrogens is 529 g/mol. The molecule has 1 aromatic rings. The predicted octanol–water partition coefficient (Wildman–Crippen LogP) is 4.89. The van der Waals surface area contributed by atoms with E-state index in [2.05, 4.69) is 17.6 Å². The number of hydrogen-bond acceptors (Lipinski definition) is 3. The van der Waals surface area contributed by atoms with Crippen molar-refractivity contribution in [3.63, 3.8) is 0 Å². The first kappa shape index (κ1) is 29.6. The molecular formula is C29H44F5N5O. The molecule has 0 spiro atoms. The summed E-state index contributed by atoms with van der Waals surface area (Å²) in [6.45, 7) is 3.39. The normalized spacial score (nSPS) is 38.1. The smallest absolute Gasteiger partial charge is 0.351 e. The lowest BCUT2D eigenvalue weighted by atomic mass is 9.62. The van der Waals surface area contributed by atoms with Crippen LogP contribution in [-0.4, -0.2) is 52.2 Å². The summed E-state index contributed by atoms with van der Waals surface area (Å²) in [5.41, 5.74) is 0.234. The van der Waals surface area contributed by atoms with Crippen LogP contribution >= 0.6 is 0 Å². The van der Waals surface area contributed by atoms with Crippen molar-refractivity contribution in [2.75, 3.05) is 6.54 Å². The highest BCUT2D eigenvalue weighted by Gasteiger charge is 2.55. The van der Waals surface area contributed by atoms with Gasteiger partial charge < -0.3 is 19.8 Å². The Morgan fingerprint density at radius 3 is 2.45 bits per heavy atom. The van der Waals surface area contributed by atoms with Gasteiger partial charge in [0.25, 0.3) is 0 Å². The maximum absolute atomic E-state index is 16.4. The Labute approximate surface area is 233 Å². The number of alkyl halides is 5. The van der Waals surface area contributed by atoms with Gasteiger partial charge in [-0.2, -0.15) is 13.2 Å². The summed E-state index contributed by atoms with van der Waals surface area (Å²) in [5, 5.41) is 15.0. The third-order valence-corrected chi connectivity index (χ3v) is 10.2. The van der Waals surface area contributed by atoms with Crippen molar-refractivity contribution in [2.45, 2.75) is 102 Å². The van der Waals surface area contributed by atoms with E-state index in [0.717, 1.165) is 32.2 Å². The zero-order chi connectivity index (χ0) is 28.8. The fourth-order valence-electron chi connectivity index (χ4n) is 7.89. The monoisotopic (exact) mass is 573 g/mol. The molecule has 1 saturated heterocycles. The third kappa shape index (κ3) is 6.44. The molecule has 1 aromatic heterocycles. The van der Waals surface area contributed by atoms with Crippen LogP contribution in [0.25, 0.3) is 0 Å². The zero-order valence-corrected chi connectivity index (χ0v) is 23.5. The van der Waals surface area contributed by atoms with Gasteiger partial charge in [-0.05, 0) is 93.9 Å². The Bertz CT molecular complexity index is 1080. The van der Waals surface area contributed by atoms with Crippen molar-refractivity contribution < 1.29 is 26.7 Å². The molecule has 6 nitrogen and oxygen atoms in total. The second kappa shape index (κ2) is 11.8. The number of rotatable bonds is 7. The number of aromatic nitrogens is 2. The second-order valence-electron chi connectivity index (χ2n) is 13.2. The average molecular weight is 574 g/mol. The van der Waals surface area contributed by atoms with Gasteiger partial charge in [-0.25, -0.2) is 8.78 Å². The minimum Gasteiger partial charge on any atom is -0.351 e. The van der Waals surface area contributed by atoms with E-state index in [9.17, 15) is 22.4 Å². The predicted molar refractivity (Wildman–Crippen MR) is 140 cm³/mol. The summed E-state index contributed by atoms with van der Waals surface area (Å²) in [5.74, 6) is -4.85. The molecule has 0 radical (unpaired) electrons. The van der Waals surface area contributed by atoms with E-state index in [1.165, 1.54) is 0 Å². The highest BCUT2D eigenvalue weighted by Crippen LogP contribution is 2.51. The van der Waals surface area contributed by atoms with Gasteiger partial charge in [-0.15, -0.1) is 0 Å². The van der Waals surface area contributed by atoms with Gasteiger partial charge in [0.2, 0.25) is 11.5 Å². The largest absolute Gasteiger partial charge is 0.392 e. The molecule has 10 atom stereocenters.